The first kappa shape index (κ1) is 26.7. The number of halogens is 1. The summed E-state index contributed by atoms with van der Waals surface area (Å²) in [6, 6.07) is 14.5. The maximum atomic E-state index is 13.4. The van der Waals surface area contributed by atoms with Crippen LogP contribution in [0.1, 0.15) is 59.1 Å². The Hall–Kier alpha value is -2.53. The molecular formula is C27H37ClN2O3. The van der Waals surface area contributed by atoms with Gasteiger partial charge in [0.2, 0.25) is 5.91 Å². The molecule has 1 unspecified atom stereocenters. The van der Waals surface area contributed by atoms with E-state index in [0.29, 0.717) is 36.2 Å². The van der Waals surface area contributed by atoms with E-state index < -0.39 is 6.04 Å². The lowest BCUT2D eigenvalue weighted by molar-refractivity contribution is -0.143. The van der Waals surface area contributed by atoms with Gasteiger partial charge in [0.1, 0.15) is 11.8 Å². The highest BCUT2D eigenvalue weighted by molar-refractivity contribution is 6.30. The lowest BCUT2D eigenvalue weighted by Crippen LogP contribution is -2.50. The van der Waals surface area contributed by atoms with E-state index in [-0.39, 0.29) is 23.8 Å². The molecule has 0 bridgehead atoms. The normalized spacial score (nSPS) is 12.4. The Bertz CT molecular complexity index is 920. The Labute approximate surface area is 203 Å². The fraction of sp³-hybridized carbons (Fsp3) is 0.481. The highest BCUT2D eigenvalue weighted by Crippen LogP contribution is 2.31. The largest absolute Gasteiger partial charge is 0.483 e. The zero-order chi connectivity index (χ0) is 24.6. The minimum Gasteiger partial charge on any atom is -0.483 e. The van der Waals surface area contributed by atoms with Crippen molar-refractivity contribution in [2.75, 3.05) is 13.2 Å². The molecule has 0 aliphatic carbocycles. The van der Waals surface area contributed by atoms with Gasteiger partial charge in [0.05, 0.1) is 0 Å². The molecule has 6 heteroatoms. The fourth-order valence-electron chi connectivity index (χ4n) is 3.56. The van der Waals surface area contributed by atoms with Crippen LogP contribution < -0.4 is 10.1 Å². The summed E-state index contributed by atoms with van der Waals surface area (Å²) in [6.45, 7) is 13.0. The van der Waals surface area contributed by atoms with Crippen molar-refractivity contribution in [3.8, 4) is 5.75 Å². The smallest absolute Gasteiger partial charge is 0.261 e. The average molecular weight is 473 g/mol. The van der Waals surface area contributed by atoms with Gasteiger partial charge in [-0.25, -0.2) is 0 Å². The maximum absolute atomic E-state index is 13.4. The molecule has 0 saturated carbocycles. The molecule has 5 nitrogen and oxygen atoms in total. The second kappa shape index (κ2) is 12.1. The van der Waals surface area contributed by atoms with Crippen molar-refractivity contribution in [3.05, 3.63) is 64.7 Å². The third-order valence-electron chi connectivity index (χ3n) is 5.38. The Morgan fingerprint density at radius 1 is 1.06 bits per heavy atom. The summed E-state index contributed by atoms with van der Waals surface area (Å²) >= 11 is 6.03. The molecule has 33 heavy (non-hydrogen) atoms. The first-order chi connectivity index (χ1) is 15.5. The summed E-state index contributed by atoms with van der Waals surface area (Å²) in [4.78, 5) is 28.0. The van der Waals surface area contributed by atoms with E-state index in [1.807, 2.05) is 57.2 Å². The Morgan fingerprint density at radius 3 is 2.27 bits per heavy atom. The second-order valence-corrected chi connectivity index (χ2v) is 10.2. The van der Waals surface area contributed by atoms with Crippen molar-refractivity contribution in [2.45, 2.75) is 66.0 Å². The first-order valence-electron chi connectivity index (χ1n) is 11.6. The van der Waals surface area contributed by atoms with Crippen LogP contribution in [0.2, 0.25) is 5.02 Å². The molecule has 180 valence electrons. The quantitative estimate of drug-likeness (QED) is 0.490. The van der Waals surface area contributed by atoms with E-state index in [4.69, 9.17) is 16.3 Å². The minimum atomic E-state index is -0.589. The predicted molar refractivity (Wildman–Crippen MR) is 135 cm³/mol. The van der Waals surface area contributed by atoms with Gasteiger partial charge >= 0.3 is 0 Å². The van der Waals surface area contributed by atoms with Crippen molar-refractivity contribution < 1.29 is 14.3 Å². The Morgan fingerprint density at radius 2 is 1.70 bits per heavy atom. The van der Waals surface area contributed by atoms with Gasteiger partial charge in [-0.3, -0.25) is 9.59 Å². The molecule has 0 aliphatic rings. The first-order valence-corrected chi connectivity index (χ1v) is 11.9. The van der Waals surface area contributed by atoms with E-state index in [1.54, 1.807) is 17.0 Å². The van der Waals surface area contributed by atoms with Gasteiger partial charge in [-0.15, -0.1) is 0 Å². The molecule has 2 amide bonds. The number of benzene rings is 2. The molecule has 1 N–H and O–H groups in total. The summed E-state index contributed by atoms with van der Waals surface area (Å²) in [5.41, 5.74) is 1.81. The van der Waals surface area contributed by atoms with Crippen LogP contribution in [0, 0.1) is 5.92 Å². The van der Waals surface area contributed by atoms with Gasteiger partial charge < -0.3 is 15.0 Å². The number of carbonyl (C=O) groups excluding carboxylic acids is 2. The molecular weight excluding hydrogens is 436 g/mol. The van der Waals surface area contributed by atoms with Crippen LogP contribution in [0.5, 0.6) is 5.75 Å². The van der Waals surface area contributed by atoms with Crippen molar-refractivity contribution in [1.82, 2.24) is 10.2 Å². The molecule has 0 fully saturated rings. The molecule has 0 aliphatic heterocycles. The number of carbonyl (C=O) groups is 2. The van der Waals surface area contributed by atoms with Gasteiger partial charge in [-0.05, 0) is 47.1 Å². The van der Waals surface area contributed by atoms with Crippen LogP contribution >= 0.6 is 11.6 Å². The number of nitrogens with zero attached hydrogens (tertiary/aromatic N) is 1. The lowest BCUT2D eigenvalue weighted by atomic mass is 9.86. The summed E-state index contributed by atoms with van der Waals surface area (Å²) in [5, 5.41) is 3.60. The van der Waals surface area contributed by atoms with Crippen LogP contribution in [-0.2, 0) is 21.5 Å². The highest BCUT2D eigenvalue weighted by atomic mass is 35.5. The zero-order valence-corrected chi connectivity index (χ0v) is 21.4. The molecule has 0 aromatic heterocycles. The fourth-order valence-corrected chi connectivity index (χ4v) is 3.69. The van der Waals surface area contributed by atoms with Crippen LogP contribution in [0.15, 0.2) is 48.5 Å². The van der Waals surface area contributed by atoms with Crippen molar-refractivity contribution in [3.63, 3.8) is 0 Å². The SMILES string of the molecule is CCC(C(=O)NCC(C)C)N(Cc1ccc(Cl)cc1)C(=O)COc1ccccc1C(C)(C)C. The third-order valence-corrected chi connectivity index (χ3v) is 5.63. The number of nitrogens with one attached hydrogen (secondary N) is 1. The zero-order valence-electron chi connectivity index (χ0n) is 20.7. The molecule has 0 radical (unpaired) electrons. The molecule has 0 spiro atoms. The second-order valence-electron chi connectivity index (χ2n) is 9.75. The van der Waals surface area contributed by atoms with Gasteiger partial charge in [-0.2, -0.15) is 0 Å². The van der Waals surface area contributed by atoms with Crippen molar-refractivity contribution in [2.24, 2.45) is 5.92 Å². The number of ether oxygens (including phenoxy) is 1. The molecule has 1 atom stereocenters. The van der Waals surface area contributed by atoms with E-state index in [1.165, 1.54) is 0 Å². The van der Waals surface area contributed by atoms with E-state index in [0.717, 1.165) is 11.1 Å². The van der Waals surface area contributed by atoms with Gasteiger partial charge in [-0.1, -0.05) is 83.5 Å². The number of para-hydroxylation sites is 1. The van der Waals surface area contributed by atoms with Crippen molar-refractivity contribution in [1.29, 1.82) is 0 Å². The number of hydrogen-bond acceptors (Lipinski definition) is 3. The number of rotatable bonds is 10. The molecule has 2 rings (SSSR count). The van der Waals surface area contributed by atoms with Crippen LogP contribution in [-0.4, -0.2) is 35.9 Å². The van der Waals surface area contributed by atoms with Gasteiger partial charge in [0.25, 0.3) is 5.91 Å². The van der Waals surface area contributed by atoms with E-state index in [2.05, 4.69) is 26.1 Å². The number of hydrogen-bond donors (Lipinski definition) is 1. The molecule has 2 aromatic carbocycles. The standard InChI is InChI=1S/C27H37ClN2O3/c1-7-23(26(32)29-16-19(2)3)30(17-20-12-14-21(28)15-13-20)25(31)18-33-24-11-9-8-10-22(24)27(4,5)6/h8-15,19,23H,7,16-18H2,1-6H3,(H,29,32). The van der Waals surface area contributed by atoms with Gasteiger partial charge in [0, 0.05) is 18.1 Å². The highest BCUT2D eigenvalue weighted by Gasteiger charge is 2.29. The van der Waals surface area contributed by atoms with Crippen molar-refractivity contribution >= 4 is 23.4 Å². The topological polar surface area (TPSA) is 58.6 Å². The molecule has 0 heterocycles. The lowest BCUT2D eigenvalue weighted by Gasteiger charge is -2.31. The molecule has 0 saturated heterocycles. The summed E-state index contributed by atoms with van der Waals surface area (Å²) < 4.78 is 5.99. The summed E-state index contributed by atoms with van der Waals surface area (Å²) in [5.74, 6) is 0.620. The molecule has 2 aromatic rings. The Balaban J connectivity index is 2.25. The third kappa shape index (κ3) is 8.08. The van der Waals surface area contributed by atoms with Gasteiger partial charge in [0.15, 0.2) is 6.61 Å². The number of amides is 2. The van der Waals surface area contributed by atoms with E-state index in [9.17, 15) is 9.59 Å². The van der Waals surface area contributed by atoms with Crippen LogP contribution in [0.4, 0.5) is 0 Å². The average Bonchev–Trinajstić information content (AvgIpc) is 2.76. The monoisotopic (exact) mass is 472 g/mol. The Kier molecular flexibility index (Phi) is 9.78. The summed E-state index contributed by atoms with van der Waals surface area (Å²) in [7, 11) is 0. The van der Waals surface area contributed by atoms with Crippen LogP contribution in [0.3, 0.4) is 0 Å². The maximum Gasteiger partial charge on any atom is 0.261 e. The van der Waals surface area contributed by atoms with E-state index >= 15 is 0 Å². The van der Waals surface area contributed by atoms with Crippen LogP contribution in [0.25, 0.3) is 0 Å². The summed E-state index contributed by atoms with van der Waals surface area (Å²) in [6.07, 6.45) is 0.502. The minimum absolute atomic E-state index is 0.120. The predicted octanol–water partition coefficient (Wildman–Crippen LogP) is 5.60.